The fourth-order valence-electron chi connectivity index (χ4n) is 2.73. The van der Waals surface area contributed by atoms with Gasteiger partial charge in [0.1, 0.15) is 0 Å². The Labute approximate surface area is 140 Å². The van der Waals surface area contributed by atoms with Gasteiger partial charge in [-0.05, 0) is 23.5 Å². The van der Waals surface area contributed by atoms with Gasteiger partial charge in [-0.15, -0.1) is 12.4 Å². The van der Waals surface area contributed by atoms with Gasteiger partial charge in [0.2, 0.25) is 5.91 Å². The molecule has 1 fully saturated rings. The highest BCUT2D eigenvalue weighted by Crippen LogP contribution is 2.30. The zero-order valence-corrected chi connectivity index (χ0v) is 14.0. The van der Waals surface area contributed by atoms with Crippen molar-refractivity contribution in [2.45, 2.75) is 38.9 Å². The number of carbonyl (C=O) groups is 1. The Morgan fingerprint density at radius 3 is 2.61 bits per heavy atom. The van der Waals surface area contributed by atoms with Gasteiger partial charge in [0.25, 0.3) is 0 Å². The number of nitrogens with two attached hydrogens (primary N) is 1. The van der Waals surface area contributed by atoms with Gasteiger partial charge < -0.3 is 10.6 Å². The third-order valence-corrected chi connectivity index (χ3v) is 4.27. The molecule has 1 aliphatic heterocycles. The minimum atomic E-state index is -4.39. The molecule has 2 rings (SSSR count). The number of halogens is 4. The second kappa shape index (κ2) is 7.09. The van der Waals surface area contributed by atoms with Gasteiger partial charge in [-0.3, -0.25) is 4.79 Å². The molecule has 23 heavy (non-hydrogen) atoms. The van der Waals surface area contributed by atoms with Gasteiger partial charge >= 0.3 is 6.18 Å². The van der Waals surface area contributed by atoms with Gasteiger partial charge in [0.05, 0.1) is 12.0 Å². The second-order valence-electron chi connectivity index (χ2n) is 6.57. The molecular weight excluding hydrogens is 329 g/mol. The van der Waals surface area contributed by atoms with Crippen LogP contribution in [0, 0.1) is 5.41 Å². The molecule has 0 saturated carbocycles. The van der Waals surface area contributed by atoms with Crippen molar-refractivity contribution in [3.05, 3.63) is 35.4 Å². The van der Waals surface area contributed by atoms with Crippen LogP contribution < -0.4 is 5.73 Å². The lowest BCUT2D eigenvalue weighted by atomic mass is 9.79. The molecule has 0 bridgehead atoms. The molecule has 1 saturated heterocycles. The third-order valence-electron chi connectivity index (χ3n) is 4.27. The Hall–Kier alpha value is -1.27. The summed E-state index contributed by atoms with van der Waals surface area (Å²) in [6.07, 6.45) is -3.70. The predicted molar refractivity (Wildman–Crippen MR) is 85.3 cm³/mol. The van der Waals surface area contributed by atoms with Crippen molar-refractivity contribution < 1.29 is 18.0 Å². The Balaban J connectivity index is 0.00000264. The molecule has 2 N–H and O–H groups in total. The fourth-order valence-corrected chi connectivity index (χ4v) is 2.73. The van der Waals surface area contributed by atoms with Gasteiger partial charge in [-0.25, -0.2) is 0 Å². The average molecular weight is 351 g/mol. The highest BCUT2D eigenvalue weighted by atomic mass is 35.5. The minimum absolute atomic E-state index is 0. The van der Waals surface area contributed by atoms with E-state index < -0.39 is 11.7 Å². The van der Waals surface area contributed by atoms with Crippen molar-refractivity contribution in [3.63, 3.8) is 0 Å². The molecule has 0 aromatic heterocycles. The number of piperidine rings is 1. The second-order valence-corrected chi connectivity index (χ2v) is 6.57. The van der Waals surface area contributed by atoms with E-state index in [1.165, 1.54) is 6.07 Å². The van der Waals surface area contributed by atoms with Crippen LogP contribution in [0.15, 0.2) is 24.3 Å². The molecule has 1 unspecified atom stereocenters. The molecule has 3 nitrogen and oxygen atoms in total. The molecule has 1 amide bonds. The first kappa shape index (κ1) is 19.8. The predicted octanol–water partition coefficient (Wildman–Crippen LogP) is 3.26. The van der Waals surface area contributed by atoms with Crippen LogP contribution in [0.5, 0.6) is 0 Å². The van der Waals surface area contributed by atoms with Crippen molar-refractivity contribution in [1.82, 2.24) is 4.90 Å². The summed E-state index contributed by atoms with van der Waals surface area (Å²) >= 11 is 0. The summed E-state index contributed by atoms with van der Waals surface area (Å²) in [5, 5.41) is 0. The van der Waals surface area contributed by atoms with Crippen LogP contribution in [0.25, 0.3) is 0 Å². The summed E-state index contributed by atoms with van der Waals surface area (Å²) in [5.41, 5.74) is 5.51. The maximum Gasteiger partial charge on any atom is 0.416 e. The van der Waals surface area contributed by atoms with Crippen LogP contribution in [-0.4, -0.2) is 29.9 Å². The van der Waals surface area contributed by atoms with E-state index >= 15 is 0 Å². The van der Waals surface area contributed by atoms with E-state index in [4.69, 9.17) is 5.73 Å². The van der Waals surface area contributed by atoms with E-state index in [0.717, 1.165) is 12.1 Å². The van der Waals surface area contributed by atoms with E-state index in [-0.39, 0.29) is 36.2 Å². The van der Waals surface area contributed by atoms with Crippen molar-refractivity contribution in [1.29, 1.82) is 0 Å². The van der Waals surface area contributed by atoms with Gasteiger partial charge in [0.15, 0.2) is 0 Å². The lowest BCUT2D eigenvalue weighted by molar-refractivity contribution is -0.138. The van der Waals surface area contributed by atoms with Crippen LogP contribution >= 0.6 is 12.4 Å². The number of hydrogen-bond acceptors (Lipinski definition) is 2. The fraction of sp³-hybridized carbons (Fsp3) is 0.562. The maximum absolute atomic E-state index is 12.7. The molecule has 130 valence electrons. The highest BCUT2D eigenvalue weighted by Gasteiger charge is 2.35. The number of carbonyl (C=O) groups excluding carboxylic acids is 1. The number of likely N-dealkylation sites (tertiary alicyclic amines) is 1. The average Bonchev–Trinajstić information content (AvgIpc) is 2.41. The number of nitrogens with zero attached hydrogens (tertiary/aromatic N) is 1. The summed E-state index contributed by atoms with van der Waals surface area (Å²) < 4.78 is 38.1. The standard InChI is InChI=1S/C16H21F3N2O.ClH/c1-15(2)10-21(7-6-13(15)20)14(22)9-11-4-3-5-12(8-11)16(17,18)19;/h3-5,8,13H,6-7,9-10,20H2,1-2H3;1H. The number of hydrogen-bond donors (Lipinski definition) is 1. The summed E-state index contributed by atoms with van der Waals surface area (Å²) in [4.78, 5) is 14.0. The van der Waals surface area contributed by atoms with Crippen LogP contribution in [-0.2, 0) is 17.4 Å². The van der Waals surface area contributed by atoms with E-state index in [2.05, 4.69) is 0 Å². The maximum atomic E-state index is 12.7. The quantitative estimate of drug-likeness (QED) is 0.890. The van der Waals surface area contributed by atoms with E-state index in [1.54, 1.807) is 11.0 Å². The first-order valence-electron chi connectivity index (χ1n) is 7.29. The Kier molecular flexibility index (Phi) is 6.10. The Bertz CT molecular complexity index is 561. The molecule has 1 heterocycles. The number of benzene rings is 1. The van der Waals surface area contributed by atoms with Crippen LogP contribution in [0.3, 0.4) is 0 Å². The molecule has 0 spiro atoms. The molecule has 1 aliphatic rings. The van der Waals surface area contributed by atoms with Crippen LogP contribution in [0.2, 0.25) is 0 Å². The zero-order valence-electron chi connectivity index (χ0n) is 13.2. The molecular formula is C16H22ClF3N2O. The minimum Gasteiger partial charge on any atom is -0.342 e. The summed E-state index contributed by atoms with van der Waals surface area (Å²) in [7, 11) is 0. The van der Waals surface area contributed by atoms with Crippen molar-refractivity contribution in [2.75, 3.05) is 13.1 Å². The van der Waals surface area contributed by atoms with Crippen molar-refractivity contribution in [2.24, 2.45) is 11.1 Å². The molecule has 0 aliphatic carbocycles. The Morgan fingerprint density at radius 2 is 2.04 bits per heavy atom. The monoisotopic (exact) mass is 350 g/mol. The van der Waals surface area contributed by atoms with Gasteiger partial charge in [-0.1, -0.05) is 32.0 Å². The molecule has 1 atom stereocenters. The summed E-state index contributed by atoms with van der Waals surface area (Å²) in [5.74, 6) is -0.153. The molecule has 7 heteroatoms. The lowest BCUT2D eigenvalue weighted by Gasteiger charge is -2.42. The number of alkyl halides is 3. The molecule has 1 aromatic rings. The number of amides is 1. The lowest BCUT2D eigenvalue weighted by Crippen LogP contribution is -2.54. The third kappa shape index (κ3) is 4.85. The smallest absolute Gasteiger partial charge is 0.342 e. The topological polar surface area (TPSA) is 46.3 Å². The zero-order chi connectivity index (χ0) is 16.5. The molecule has 0 radical (unpaired) electrons. The molecule has 1 aromatic carbocycles. The van der Waals surface area contributed by atoms with Gasteiger partial charge in [-0.2, -0.15) is 13.2 Å². The summed E-state index contributed by atoms with van der Waals surface area (Å²) in [6.45, 7) is 5.09. The largest absolute Gasteiger partial charge is 0.416 e. The number of rotatable bonds is 2. The van der Waals surface area contributed by atoms with E-state index in [9.17, 15) is 18.0 Å². The highest BCUT2D eigenvalue weighted by molar-refractivity contribution is 5.85. The van der Waals surface area contributed by atoms with Crippen molar-refractivity contribution >= 4 is 18.3 Å². The van der Waals surface area contributed by atoms with Crippen LogP contribution in [0.4, 0.5) is 13.2 Å². The van der Waals surface area contributed by atoms with Crippen molar-refractivity contribution in [3.8, 4) is 0 Å². The van der Waals surface area contributed by atoms with E-state index in [0.29, 0.717) is 25.1 Å². The normalized spacial score (nSPS) is 20.8. The Morgan fingerprint density at radius 1 is 1.39 bits per heavy atom. The van der Waals surface area contributed by atoms with Crippen LogP contribution in [0.1, 0.15) is 31.4 Å². The SMILES string of the molecule is CC1(C)CN(C(=O)Cc2cccc(C(F)(F)F)c2)CCC1N.Cl. The van der Waals surface area contributed by atoms with E-state index in [1.807, 2.05) is 13.8 Å². The first-order valence-corrected chi connectivity index (χ1v) is 7.29. The van der Waals surface area contributed by atoms with Gasteiger partial charge in [0, 0.05) is 19.1 Å². The first-order chi connectivity index (χ1) is 10.1. The summed E-state index contributed by atoms with van der Waals surface area (Å²) in [6, 6.07) is 4.97.